The van der Waals surface area contributed by atoms with Crippen molar-refractivity contribution >= 4 is 23.4 Å². The topological polar surface area (TPSA) is 199 Å². The van der Waals surface area contributed by atoms with Crippen LogP contribution >= 0.6 is 0 Å². The van der Waals surface area contributed by atoms with E-state index in [1.807, 2.05) is 0 Å². The van der Waals surface area contributed by atoms with Crippen molar-refractivity contribution in [3.63, 3.8) is 0 Å². The number of aromatic nitrogens is 1. The Balaban J connectivity index is 0.000000213. The van der Waals surface area contributed by atoms with Crippen molar-refractivity contribution in [2.45, 2.75) is 24.4 Å². The molecular weight excluding hydrogens is 390 g/mol. The number of carboxylic acids is 1. The molecule has 0 saturated heterocycles. The van der Waals surface area contributed by atoms with Crippen LogP contribution < -0.4 is 5.43 Å². The number of hydrogen-bond acceptors (Lipinski definition) is 10. The van der Waals surface area contributed by atoms with Gasteiger partial charge in [-0.15, -0.1) is 0 Å². The molecule has 2 aliphatic rings. The predicted molar refractivity (Wildman–Crippen MR) is 96.3 cm³/mol. The molecule has 0 aromatic heterocycles. The van der Waals surface area contributed by atoms with Gasteiger partial charge in [0.2, 0.25) is 0 Å². The Morgan fingerprint density at radius 3 is 2.34 bits per heavy atom. The van der Waals surface area contributed by atoms with Crippen LogP contribution in [0.4, 0.5) is 0 Å². The molecule has 29 heavy (non-hydrogen) atoms. The molecule has 11 heteroatoms. The summed E-state index contributed by atoms with van der Waals surface area (Å²) in [6, 6.07) is 9.12. The number of nitrogens with zero attached hydrogens (tertiary/aromatic N) is 1. The van der Waals surface area contributed by atoms with Gasteiger partial charge in [-0.25, -0.2) is 9.78 Å². The number of carboxylic acid groups (broad SMARTS) is 1. The first-order chi connectivity index (χ1) is 13.6. The maximum atomic E-state index is 11.1. The van der Waals surface area contributed by atoms with E-state index in [0.29, 0.717) is 22.6 Å². The minimum absolute atomic E-state index is 0.0809. The molecule has 1 aliphatic heterocycles. The number of phenols is 1. The molecule has 1 aromatic rings. The molecule has 0 fully saturated rings. The standard InChI is InChI=1S/C12H7NO3.C6H10O7/c14-7-1-3-9-11(5-7)16-12-6-8(15)2-4-10(12)13-9;7-1-2(8)3(9)4(10)5(11)6(12)13/h1-6,14H;1-5,8-11H,(H,12,13)/t;2-,3+,4-,5-/m.0/s1. The highest BCUT2D eigenvalue weighted by Crippen LogP contribution is 2.25. The number of aliphatic carboxylic acids is 1. The first-order valence-corrected chi connectivity index (χ1v) is 8.08. The number of hydrogen-bond donors (Lipinski definition) is 6. The van der Waals surface area contributed by atoms with Crippen molar-refractivity contribution in [3.05, 3.63) is 46.6 Å². The number of phenolic OH excluding ortho intramolecular Hbond substituents is 1. The molecule has 3 rings (SSSR count). The molecule has 0 amide bonds. The molecule has 154 valence electrons. The summed E-state index contributed by atoms with van der Waals surface area (Å²) in [4.78, 5) is 35.4. The highest BCUT2D eigenvalue weighted by Gasteiger charge is 2.34. The lowest BCUT2D eigenvalue weighted by atomic mass is 10.0. The van der Waals surface area contributed by atoms with Gasteiger partial charge in [0, 0.05) is 12.1 Å². The number of aldehydes is 1. The summed E-state index contributed by atoms with van der Waals surface area (Å²) in [6.07, 6.45) is -8.39. The van der Waals surface area contributed by atoms with Gasteiger partial charge in [0.15, 0.2) is 29.2 Å². The van der Waals surface area contributed by atoms with E-state index in [0.717, 1.165) is 0 Å². The third-order valence-corrected chi connectivity index (χ3v) is 3.75. The van der Waals surface area contributed by atoms with Crippen molar-refractivity contribution in [1.29, 1.82) is 0 Å². The van der Waals surface area contributed by atoms with Crippen LogP contribution in [0, 0.1) is 0 Å². The molecule has 4 atom stereocenters. The fraction of sp³-hybridized carbons (Fsp3) is 0.222. The number of carbonyl (C=O) groups is 2. The lowest BCUT2D eigenvalue weighted by molar-refractivity contribution is -0.163. The van der Waals surface area contributed by atoms with Crippen molar-refractivity contribution in [2.75, 3.05) is 0 Å². The number of aliphatic hydroxyl groups excluding tert-OH is 4. The van der Waals surface area contributed by atoms with Crippen LogP contribution in [-0.4, -0.2) is 72.3 Å². The van der Waals surface area contributed by atoms with Gasteiger partial charge in [0.25, 0.3) is 0 Å². The maximum Gasteiger partial charge on any atom is 0.335 e. The van der Waals surface area contributed by atoms with Crippen LogP contribution in [0.5, 0.6) is 5.75 Å². The van der Waals surface area contributed by atoms with Gasteiger partial charge in [0.1, 0.15) is 35.3 Å². The number of fused-ring (bicyclic) bond motifs is 2. The van der Waals surface area contributed by atoms with Gasteiger partial charge in [-0.2, -0.15) is 0 Å². The average molecular weight is 407 g/mol. The van der Waals surface area contributed by atoms with E-state index in [-0.39, 0.29) is 17.5 Å². The molecule has 1 aromatic carbocycles. The zero-order valence-electron chi connectivity index (χ0n) is 14.6. The van der Waals surface area contributed by atoms with Gasteiger partial charge in [-0.05, 0) is 24.3 Å². The molecule has 6 N–H and O–H groups in total. The smallest absolute Gasteiger partial charge is 0.335 e. The number of aliphatic hydroxyl groups is 4. The van der Waals surface area contributed by atoms with Crippen molar-refractivity contribution in [2.24, 2.45) is 0 Å². The zero-order chi connectivity index (χ0) is 21.7. The highest BCUT2D eigenvalue weighted by atomic mass is 16.4. The lowest BCUT2D eigenvalue weighted by Crippen LogP contribution is -2.48. The van der Waals surface area contributed by atoms with E-state index >= 15 is 0 Å². The second-order valence-electron chi connectivity index (χ2n) is 5.89. The fourth-order valence-corrected chi connectivity index (χ4v) is 2.21. The average Bonchev–Trinajstić information content (AvgIpc) is 2.70. The van der Waals surface area contributed by atoms with Gasteiger partial charge < -0.3 is 39.9 Å². The molecule has 0 bridgehead atoms. The minimum Gasteiger partial charge on any atom is -0.508 e. The van der Waals surface area contributed by atoms with Crippen molar-refractivity contribution in [1.82, 2.24) is 4.98 Å². The molecule has 11 nitrogen and oxygen atoms in total. The van der Waals surface area contributed by atoms with E-state index in [2.05, 4.69) is 4.98 Å². The first kappa shape index (κ1) is 21.9. The van der Waals surface area contributed by atoms with E-state index in [4.69, 9.17) is 29.9 Å². The third-order valence-electron chi connectivity index (χ3n) is 3.75. The fourth-order valence-electron chi connectivity index (χ4n) is 2.21. The maximum absolute atomic E-state index is 11.1. The SMILES string of the molecule is O=C[C@H](O)[C@@H](O)[C@H](O)[C@H](O)C(=O)O.O=c1ccc2nc3ccc(O)cc3oc-2c1. The zero-order valence-corrected chi connectivity index (χ0v) is 14.6. The van der Waals surface area contributed by atoms with Gasteiger partial charge in [-0.3, -0.25) is 4.79 Å². The van der Waals surface area contributed by atoms with Gasteiger partial charge in [0.05, 0.1) is 0 Å². The predicted octanol–water partition coefficient (Wildman–Crippen LogP) is -1.29. The lowest BCUT2D eigenvalue weighted by Gasteiger charge is -2.21. The molecule has 0 saturated carbocycles. The van der Waals surface area contributed by atoms with Crippen LogP contribution in [0.3, 0.4) is 0 Å². The van der Waals surface area contributed by atoms with Crippen LogP contribution in [-0.2, 0) is 9.59 Å². The summed E-state index contributed by atoms with van der Waals surface area (Å²) in [5, 5.41) is 52.5. The van der Waals surface area contributed by atoms with Gasteiger partial charge in [-0.1, -0.05) is 0 Å². The Morgan fingerprint density at radius 1 is 1.03 bits per heavy atom. The van der Waals surface area contributed by atoms with Crippen LogP contribution in [0.15, 0.2) is 45.6 Å². The largest absolute Gasteiger partial charge is 0.508 e. The summed E-state index contributed by atoms with van der Waals surface area (Å²) >= 11 is 0. The molecule has 0 spiro atoms. The van der Waals surface area contributed by atoms with Crippen molar-refractivity contribution < 1.29 is 44.6 Å². The molecular formula is C18H17NO10. The van der Waals surface area contributed by atoms with Crippen LogP contribution in [0.1, 0.15) is 0 Å². The van der Waals surface area contributed by atoms with E-state index in [9.17, 15) is 19.5 Å². The Morgan fingerprint density at radius 2 is 1.72 bits per heavy atom. The normalized spacial score (nSPS) is 15.0. The molecule has 1 aliphatic carbocycles. The van der Waals surface area contributed by atoms with E-state index in [1.54, 1.807) is 18.2 Å². The highest BCUT2D eigenvalue weighted by molar-refractivity contribution is 5.77. The second-order valence-corrected chi connectivity index (χ2v) is 5.89. The summed E-state index contributed by atoms with van der Waals surface area (Å²) in [7, 11) is 0. The van der Waals surface area contributed by atoms with Crippen LogP contribution in [0.2, 0.25) is 0 Å². The molecule has 0 unspecified atom stereocenters. The number of rotatable bonds is 5. The Hall–Kier alpha value is -3.38. The second kappa shape index (κ2) is 9.21. The Bertz CT molecular complexity index is 1030. The van der Waals surface area contributed by atoms with E-state index < -0.39 is 30.4 Å². The van der Waals surface area contributed by atoms with Gasteiger partial charge >= 0.3 is 5.97 Å². The number of benzene rings is 2. The Kier molecular flexibility index (Phi) is 6.96. The summed E-state index contributed by atoms with van der Waals surface area (Å²) < 4.78 is 5.49. The molecule has 0 radical (unpaired) electrons. The molecule has 1 heterocycles. The summed E-state index contributed by atoms with van der Waals surface area (Å²) in [6.45, 7) is 0. The number of aromatic hydroxyl groups is 1. The minimum atomic E-state index is -2.25. The summed E-state index contributed by atoms with van der Waals surface area (Å²) in [5.74, 6) is -1.23. The quantitative estimate of drug-likeness (QED) is 0.217. The number of carbonyl (C=O) groups excluding carboxylic acids is 1. The van der Waals surface area contributed by atoms with Crippen LogP contribution in [0.25, 0.3) is 22.6 Å². The van der Waals surface area contributed by atoms with Crippen molar-refractivity contribution in [3.8, 4) is 17.2 Å². The van der Waals surface area contributed by atoms with E-state index in [1.165, 1.54) is 18.2 Å². The summed E-state index contributed by atoms with van der Waals surface area (Å²) in [5.41, 5.74) is 1.59. The monoisotopic (exact) mass is 407 g/mol. The Labute approximate surface area is 162 Å². The third kappa shape index (κ3) is 5.33. The first-order valence-electron chi connectivity index (χ1n) is 8.08.